The van der Waals surface area contributed by atoms with E-state index in [0.717, 1.165) is 5.56 Å². The summed E-state index contributed by atoms with van der Waals surface area (Å²) in [6.45, 7) is 3.21. The number of nitrogens with one attached hydrogen (secondary N) is 1. The van der Waals surface area contributed by atoms with E-state index in [1.165, 1.54) is 18.8 Å². The zero-order chi connectivity index (χ0) is 22.4. The lowest BCUT2D eigenvalue weighted by molar-refractivity contribution is -0.139. The van der Waals surface area contributed by atoms with Gasteiger partial charge in [-0.2, -0.15) is 9.97 Å². The number of nitrogen functional groups attached to an aromatic ring is 1. The average Bonchev–Trinajstić information content (AvgIpc) is 3.07. The van der Waals surface area contributed by atoms with E-state index in [0.29, 0.717) is 35.7 Å². The molecule has 0 saturated carbocycles. The molecule has 2 heterocycles. The van der Waals surface area contributed by atoms with Crippen LogP contribution in [0.15, 0.2) is 23.0 Å². The van der Waals surface area contributed by atoms with E-state index < -0.39 is 5.69 Å². The summed E-state index contributed by atoms with van der Waals surface area (Å²) < 4.78 is 22.3. The number of nitrogens with zero attached hydrogens (tertiary/aromatic N) is 3. The van der Waals surface area contributed by atoms with Crippen molar-refractivity contribution in [2.75, 3.05) is 39.8 Å². The van der Waals surface area contributed by atoms with Crippen molar-refractivity contribution < 1.29 is 23.7 Å². The van der Waals surface area contributed by atoms with E-state index in [-0.39, 0.29) is 37.4 Å². The first-order chi connectivity index (χ1) is 15.0. The van der Waals surface area contributed by atoms with Crippen LogP contribution in [0.1, 0.15) is 18.1 Å². The number of carbonyl (C=O) groups excluding carboxylic acids is 1. The minimum Gasteiger partial charge on any atom is -0.496 e. The first kappa shape index (κ1) is 22.1. The van der Waals surface area contributed by atoms with Gasteiger partial charge in [0, 0.05) is 12.2 Å². The molecule has 3 aromatic rings. The zero-order valence-electron chi connectivity index (χ0n) is 17.6. The molecule has 166 valence electrons. The molecule has 0 saturated heterocycles. The van der Waals surface area contributed by atoms with Gasteiger partial charge in [-0.3, -0.25) is 9.36 Å². The largest absolute Gasteiger partial charge is 0.496 e. The molecule has 11 nitrogen and oxygen atoms in total. The molecule has 3 N–H and O–H groups in total. The lowest BCUT2D eigenvalue weighted by atomic mass is 10.1. The first-order valence-electron chi connectivity index (χ1n) is 9.66. The highest BCUT2D eigenvalue weighted by molar-refractivity contribution is 5.82. The van der Waals surface area contributed by atoms with Gasteiger partial charge in [0.1, 0.15) is 17.9 Å². The Morgan fingerprint density at radius 1 is 1.23 bits per heavy atom. The zero-order valence-corrected chi connectivity index (χ0v) is 17.6. The van der Waals surface area contributed by atoms with Crippen LogP contribution in [0.3, 0.4) is 0 Å². The summed E-state index contributed by atoms with van der Waals surface area (Å²) in [6, 6.07) is 5.33. The minimum absolute atomic E-state index is 0.0452. The van der Waals surface area contributed by atoms with Gasteiger partial charge in [-0.1, -0.05) is 6.07 Å². The Labute approximate surface area is 178 Å². The Hall–Kier alpha value is -3.60. The number of benzene rings is 1. The maximum absolute atomic E-state index is 12.6. The van der Waals surface area contributed by atoms with E-state index in [1.807, 2.05) is 6.92 Å². The van der Waals surface area contributed by atoms with Crippen LogP contribution in [-0.4, -0.2) is 59.5 Å². The van der Waals surface area contributed by atoms with Gasteiger partial charge in [-0.25, -0.2) is 4.79 Å². The minimum atomic E-state index is -0.414. The standard InChI is InChI=1S/C20H25N5O6/c1-4-30-7-8-31-19-23-17(21)16-18(24-19)25(20(27)22-16)11-13-9-12(10-15(26)29-3)5-6-14(13)28-2/h5-6,9H,4,7-8,10-11H2,1-3H3,(H,22,27)(H2,21,23,24). The van der Waals surface area contributed by atoms with Crippen LogP contribution >= 0.6 is 0 Å². The summed E-state index contributed by atoms with van der Waals surface area (Å²) in [5.74, 6) is 0.290. The number of fused-ring (bicyclic) bond motifs is 1. The molecule has 0 unspecified atom stereocenters. The fraction of sp³-hybridized carbons (Fsp3) is 0.400. The molecule has 0 aliphatic rings. The number of anilines is 1. The molecule has 31 heavy (non-hydrogen) atoms. The van der Waals surface area contributed by atoms with Crippen molar-refractivity contribution in [1.82, 2.24) is 19.5 Å². The highest BCUT2D eigenvalue weighted by atomic mass is 16.5. The number of esters is 1. The molecule has 0 fully saturated rings. The van der Waals surface area contributed by atoms with E-state index >= 15 is 0 Å². The van der Waals surface area contributed by atoms with Gasteiger partial charge in [-0.05, 0) is 24.6 Å². The van der Waals surface area contributed by atoms with Crippen LogP contribution in [0.4, 0.5) is 5.82 Å². The number of H-pyrrole nitrogens is 1. The fourth-order valence-electron chi connectivity index (χ4n) is 3.05. The van der Waals surface area contributed by atoms with E-state index in [1.54, 1.807) is 18.2 Å². The average molecular weight is 431 g/mol. The fourth-order valence-corrected chi connectivity index (χ4v) is 3.05. The second-order valence-electron chi connectivity index (χ2n) is 6.55. The topological polar surface area (TPSA) is 144 Å². The van der Waals surface area contributed by atoms with Crippen molar-refractivity contribution in [2.45, 2.75) is 19.9 Å². The number of carbonyl (C=O) groups is 1. The second-order valence-corrected chi connectivity index (χ2v) is 6.55. The smallest absolute Gasteiger partial charge is 0.328 e. The molecule has 0 radical (unpaired) electrons. The number of methoxy groups -OCH3 is 2. The second kappa shape index (κ2) is 9.94. The molecular formula is C20H25N5O6. The quantitative estimate of drug-likeness (QED) is 0.353. The van der Waals surface area contributed by atoms with E-state index in [2.05, 4.69) is 15.0 Å². The number of rotatable bonds is 10. The Balaban J connectivity index is 1.96. The third kappa shape index (κ3) is 5.12. The van der Waals surface area contributed by atoms with Gasteiger partial charge < -0.3 is 29.7 Å². The van der Waals surface area contributed by atoms with Gasteiger partial charge in [0.2, 0.25) is 0 Å². The number of imidazole rings is 1. The number of hydrogen-bond donors (Lipinski definition) is 2. The Bertz CT molecular complexity index is 1120. The third-order valence-electron chi connectivity index (χ3n) is 4.54. The summed E-state index contributed by atoms with van der Waals surface area (Å²) in [4.78, 5) is 35.3. The summed E-state index contributed by atoms with van der Waals surface area (Å²) >= 11 is 0. The van der Waals surface area contributed by atoms with Crippen molar-refractivity contribution in [3.63, 3.8) is 0 Å². The molecule has 0 aliphatic carbocycles. The van der Waals surface area contributed by atoms with Crippen LogP contribution in [0.2, 0.25) is 0 Å². The van der Waals surface area contributed by atoms with Crippen LogP contribution in [0.5, 0.6) is 11.8 Å². The van der Waals surface area contributed by atoms with Crippen LogP contribution < -0.4 is 20.9 Å². The van der Waals surface area contributed by atoms with Crippen molar-refractivity contribution in [2.24, 2.45) is 0 Å². The molecular weight excluding hydrogens is 406 g/mol. The van der Waals surface area contributed by atoms with Crippen LogP contribution in [0.25, 0.3) is 11.2 Å². The number of aromatic amines is 1. The molecule has 1 aromatic carbocycles. The SMILES string of the molecule is CCOCCOc1nc(N)c2[nH]c(=O)n(Cc3cc(CC(=O)OC)ccc3OC)c2n1. The normalized spacial score (nSPS) is 10.9. The van der Waals surface area contributed by atoms with Crippen molar-refractivity contribution >= 4 is 23.0 Å². The molecule has 0 aliphatic heterocycles. The molecule has 0 atom stereocenters. The molecule has 0 spiro atoms. The third-order valence-corrected chi connectivity index (χ3v) is 4.54. The van der Waals surface area contributed by atoms with Crippen molar-refractivity contribution in [3.05, 3.63) is 39.8 Å². The van der Waals surface area contributed by atoms with Gasteiger partial charge in [0.25, 0.3) is 0 Å². The van der Waals surface area contributed by atoms with Crippen LogP contribution in [-0.2, 0) is 27.2 Å². The molecule has 3 rings (SSSR count). The first-order valence-corrected chi connectivity index (χ1v) is 9.66. The Morgan fingerprint density at radius 2 is 2.03 bits per heavy atom. The van der Waals surface area contributed by atoms with Gasteiger partial charge in [0.05, 0.1) is 33.8 Å². The highest BCUT2D eigenvalue weighted by Crippen LogP contribution is 2.24. The number of nitrogens with two attached hydrogens (primary N) is 1. The molecule has 11 heteroatoms. The number of aromatic nitrogens is 4. The van der Waals surface area contributed by atoms with Gasteiger partial charge in [0.15, 0.2) is 11.5 Å². The summed E-state index contributed by atoms with van der Waals surface area (Å²) in [7, 11) is 2.86. The molecule has 2 aromatic heterocycles. The van der Waals surface area contributed by atoms with Gasteiger partial charge in [-0.15, -0.1) is 0 Å². The Morgan fingerprint density at radius 3 is 2.74 bits per heavy atom. The highest BCUT2D eigenvalue weighted by Gasteiger charge is 2.17. The number of ether oxygens (including phenoxy) is 4. The van der Waals surface area contributed by atoms with E-state index in [9.17, 15) is 9.59 Å². The summed E-state index contributed by atoms with van der Waals surface area (Å²) in [5.41, 5.74) is 7.59. The predicted octanol–water partition coefficient (Wildman–Crippen LogP) is 0.890. The summed E-state index contributed by atoms with van der Waals surface area (Å²) in [5, 5.41) is 0. The van der Waals surface area contributed by atoms with E-state index in [4.69, 9.17) is 24.7 Å². The van der Waals surface area contributed by atoms with Crippen molar-refractivity contribution in [3.8, 4) is 11.8 Å². The Kier molecular flexibility index (Phi) is 7.08. The predicted molar refractivity (Wildman–Crippen MR) is 112 cm³/mol. The van der Waals surface area contributed by atoms with Crippen molar-refractivity contribution in [1.29, 1.82) is 0 Å². The van der Waals surface area contributed by atoms with Gasteiger partial charge >= 0.3 is 17.7 Å². The number of hydrogen-bond acceptors (Lipinski definition) is 9. The molecule has 0 amide bonds. The maximum Gasteiger partial charge on any atom is 0.328 e. The lowest BCUT2D eigenvalue weighted by Crippen LogP contribution is -2.18. The lowest BCUT2D eigenvalue weighted by Gasteiger charge is -2.12. The summed E-state index contributed by atoms with van der Waals surface area (Å²) in [6.07, 6.45) is 0.100. The monoisotopic (exact) mass is 431 g/mol. The molecule has 0 bridgehead atoms. The maximum atomic E-state index is 12.6. The van der Waals surface area contributed by atoms with Crippen LogP contribution in [0, 0.1) is 0 Å².